The van der Waals surface area contributed by atoms with Crippen molar-refractivity contribution < 1.29 is 0 Å². The minimum Gasteiger partial charge on any atom is -0.307 e. The highest BCUT2D eigenvalue weighted by molar-refractivity contribution is 6.32. The fourth-order valence-electron chi connectivity index (χ4n) is 6.60. The molecule has 0 N–H and O–H groups in total. The molecule has 2 heterocycles. The third-order valence-electron chi connectivity index (χ3n) is 8.12. The van der Waals surface area contributed by atoms with Crippen molar-refractivity contribution >= 4 is 75.8 Å². The van der Waals surface area contributed by atoms with Gasteiger partial charge in [0.15, 0.2) is 0 Å². The topological polar surface area (TPSA) is 17.8 Å². The summed E-state index contributed by atoms with van der Waals surface area (Å²) in [4.78, 5) is 4.96. The highest BCUT2D eigenvalue weighted by Gasteiger charge is 2.20. The minimum atomic E-state index is 1.05. The summed E-state index contributed by atoms with van der Waals surface area (Å²) in [5, 5.41) is 14.0. The van der Waals surface area contributed by atoms with Crippen molar-refractivity contribution in [3.63, 3.8) is 0 Å². The van der Waals surface area contributed by atoms with Crippen LogP contribution in [0.3, 0.4) is 0 Å². The third-order valence-corrected chi connectivity index (χ3v) is 8.12. The highest BCUT2D eigenvalue weighted by atomic mass is 15.0. The summed E-state index contributed by atoms with van der Waals surface area (Å²) in [5.41, 5.74) is 4.57. The normalized spacial score (nSPS) is 12.3. The largest absolute Gasteiger partial charge is 0.307 e. The molecule has 0 saturated carbocycles. The second-order valence-electron chi connectivity index (χ2n) is 10.00. The average molecular weight is 469 g/mol. The molecule has 0 aliphatic rings. The van der Waals surface area contributed by atoms with Crippen LogP contribution in [0.2, 0.25) is 0 Å². The second kappa shape index (κ2) is 6.83. The smallest absolute Gasteiger partial charge is 0.0969 e. The van der Waals surface area contributed by atoms with Crippen molar-refractivity contribution in [1.82, 2.24) is 9.55 Å². The molecule has 2 nitrogen and oxygen atoms in total. The molecular formula is C35H20N2. The van der Waals surface area contributed by atoms with Crippen LogP contribution >= 0.6 is 0 Å². The van der Waals surface area contributed by atoms with Gasteiger partial charge in [-0.1, -0.05) is 91.0 Å². The monoisotopic (exact) mass is 468 g/mol. The van der Waals surface area contributed by atoms with Crippen molar-refractivity contribution in [2.45, 2.75) is 0 Å². The molecule has 0 atom stereocenters. The molecule has 0 amide bonds. The van der Waals surface area contributed by atoms with Gasteiger partial charge in [-0.05, 0) is 72.7 Å². The lowest BCUT2D eigenvalue weighted by Gasteiger charge is -2.15. The fraction of sp³-hybridized carbons (Fsp3) is 0. The Morgan fingerprint density at radius 3 is 2.05 bits per heavy atom. The fourth-order valence-corrected chi connectivity index (χ4v) is 6.60. The van der Waals surface area contributed by atoms with Crippen LogP contribution in [0.15, 0.2) is 121 Å². The van der Waals surface area contributed by atoms with Crippen LogP contribution in [0.25, 0.3) is 81.5 Å². The third kappa shape index (κ3) is 2.42. The number of hydrogen-bond acceptors (Lipinski definition) is 1. The Balaban J connectivity index is 1.55. The molecule has 7 aromatic carbocycles. The van der Waals surface area contributed by atoms with E-state index in [0.717, 1.165) is 11.0 Å². The van der Waals surface area contributed by atoms with Gasteiger partial charge in [0.25, 0.3) is 0 Å². The van der Waals surface area contributed by atoms with Crippen molar-refractivity contribution in [2.24, 2.45) is 0 Å². The van der Waals surface area contributed by atoms with Gasteiger partial charge in [0.1, 0.15) is 0 Å². The molecule has 0 unspecified atom stereocenters. The Labute approximate surface area is 212 Å². The number of rotatable bonds is 1. The molecule has 2 heteroatoms. The van der Waals surface area contributed by atoms with E-state index >= 15 is 0 Å². The minimum absolute atomic E-state index is 1.05. The maximum atomic E-state index is 4.96. The molecule has 0 aliphatic heterocycles. The van der Waals surface area contributed by atoms with E-state index in [0.29, 0.717) is 0 Å². The first-order valence-electron chi connectivity index (χ1n) is 12.7. The van der Waals surface area contributed by atoms with Crippen LogP contribution in [-0.2, 0) is 0 Å². The first kappa shape index (κ1) is 19.3. The molecule has 2 aromatic heterocycles. The van der Waals surface area contributed by atoms with E-state index in [1.165, 1.54) is 70.5 Å². The molecule has 0 radical (unpaired) electrons. The van der Waals surface area contributed by atoms with Gasteiger partial charge in [0.2, 0.25) is 0 Å². The number of benzene rings is 7. The van der Waals surface area contributed by atoms with Crippen LogP contribution < -0.4 is 0 Å². The summed E-state index contributed by atoms with van der Waals surface area (Å²) < 4.78 is 2.43. The average Bonchev–Trinajstić information content (AvgIpc) is 3.29. The Hall–Kier alpha value is -4.95. The summed E-state index contributed by atoms with van der Waals surface area (Å²) in [5.74, 6) is 0. The Kier molecular flexibility index (Phi) is 3.56. The lowest BCUT2D eigenvalue weighted by atomic mass is 9.92. The molecule has 0 spiro atoms. The van der Waals surface area contributed by atoms with E-state index in [1.54, 1.807) is 0 Å². The van der Waals surface area contributed by atoms with Crippen LogP contribution in [0.1, 0.15) is 0 Å². The predicted octanol–water partition coefficient (Wildman–Crippen LogP) is 9.38. The molecule has 9 aromatic rings. The van der Waals surface area contributed by atoms with E-state index in [9.17, 15) is 0 Å². The second-order valence-corrected chi connectivity index (χ2v) is 10.00. The summed E-state index contributed by atoms with van der Waals surface area (Å²) >= 11 is 0. The van der Waals surface area contributed by atoms with Gasteiger partial charge in [0, 0.05) is 17.0 Å². The van der Waals surface area contributed by atoms with E-state index in [4.69, 9.17) is 4.98 Å². The zero-order valence-electron chi connectivity index (χ0n) is 19.9. The van der Waals surface area contributed by atoms with Gasteiger partial charge >= 0.3 is 0 Å². The molecule has 0 fully saturated rings. The number of pyridine rings is 1. The summed E-state index contributed by atoms with van der Waals surface area (Å²) in [6, 6.07) is 42.1. The van der Waals surface area contributed by atoms with Gasteiger partial charge in [-0.3, -0.25) is 4.98 Å². The van der Waals surface area contributed by atoms with Gasteiger partial charge in [0.05, 0.1) is 22.2 Å². The van der Waals surface area contributed by atoms with Crippen molar-refractivity contribution in [3.8, 4) is 5.69 Å². The van der Waals surface area contributed by atoms with Crippen molar-refractivity contribution in [2.75, 3.05) is 0 Å². The maximum absolute atomic E-state index is 4.96. The Morgan fingerprint density at radius 2 is 1.16 bits per heavy atom. The van der Waals surface area contributed by atoms with E-state index in [-0.39, 0.29) is 0 Å². The molecule has 0 saturated heterocycles. The Morgan fingerprint density at radius 1 is 0.432 bits per heavy atom. The van der Waals surface area contributed by atoms with Crippen LogP contribution in [0, 0.1) is 0 Å². The Bertz CT molecular complexity index is 2340. The van der Waals surface area contributed by atoms with E-state index < -0.39 is 0 Å². The lowest BCUT2D eigenvalue weighted by molar-refractivity contribution is 1.20. The number of fused-ring (bicyclic) bond motifs is 7. The molecule has 9 rings (SSSR count). The van der Waals surface area contributed by atoms with E-state index in [2.05, 4.69) is 120 Å². The number of aromatic nitrogens is 2. The van der Waals surface area contributed by atoms with Gasteiger partial charge in [-0.25, -0.2) is 0 Å². The molecule has 170 valence electrons. The molecule has 37 heavy (non-hydrogen) atoms. The van der Waals surface area contributed by atoms with Crippen molar-refractivity contribution in [3.05, 3.63) is 121 Å². The predicted molar refractivity (Wildman–Crippen MR) is 157 cm³/mol. The SMILES string of the molecule is c1ccc2c(c1)cc(-n1c3cccnc3c3c4ccc5cccc6ccc(cc31)c4c65)c1ccccc12. The van der Waals surface area contributed by atoms with Gasteiger partial charge in [-0.2, -0.15) is 0 Å². The van der Waals surface area contributed by atoms with Crippen LogP contribution in [-0.4, -0.2) is 9.55 Å². The summed E-state index contributed by atoms with van der Waals surface area (Å²) in [6.45, 7) is 0. The van der Waals surface area contributed by atoms with E-state index in [1.807, 2.05) is 6.20 Å². The first-order chi connectivity index (χ1) is 18.4. The van der Waals surface area contributed by atoms with Crippen molar-refractivity contribution in [1.29, 1.82) is 0 Å². The molecular weight excluding hydrogens is 448 g/mol. The highest BCUT2D eigenvalue weighted by Crippen LogP contribution is 2.43. The number of nitrogens with zero attached hydrogens (tertiary/aromatic N) is 2. The van der Waals surface area contributed by atoms with Crippen LogP contribution in [0.4, 0.5) is 0 Å². The van der Waals surface area contributed by atoms with Gasteiger partial charge in [-0.15, -0.1) is 0 Å². The standard InChI is InChI=1S/C35H20N2/c1-2-10-25-23(7-1)19-30(27-12-4-3-11-26(25)27)37-29-13-6-18-36-35(29)34-28-17-16-22-9-5-8-21-14-15-24(20-31(34)37)33(28)32(21)22/h1-20H. The molecule has 0 aliphatic carbocycles. The summed E-state index contributed by atoms with van der Waals surface area (Å²) in [7, 11) is 0. The zero-order valence-corrected chi connectivity index (χ0v) is 19.9. The van der Waals surface area contributed by atoms with Gasteiger partial charge < -0.3 is 4.57 Å². The molecule has 0 bridgehead atoms. The van der Waals surface area contributed by atoms with Crippen LogP contribution in [0.5, 0.6) is 0 Å². The summed E-state index contributed by atoms with van der Waals surface area (Å²) in [6.07, 6.45) is 1.92. The first-order valence-corrected chi connectivity index (χ1v) is 12.7. The number of hydrogen-bond donors (Lipinski definition) is 0. The lowest BCUT2D eigenvalue weighted by Crippen LogP contribution is -1.96. The zero-order chi connectivity index (χ0) is 24.1. The quantitative estimate of drug-likeness (QED) is 0.219. The maximum Gasteiger partial charge on any atom is 0.0969 e.